The second-order valence-corrected chi connectivity index (χ2v) is 21.6. The van der Waals surface area contributed by atoms with E-state index in [0.29, 0.717) is 19.3 Å². The van der Waals surface area contributed by atoms with Crippen molar-refractivity contribution in [1.29, 1.82) is 0 Å². The van der Waals surface area contributed by atoms with E-state index in [2.05, 4.69) is 81.5 Å². The smallest absolute Gasteiger partial charge is 0.462 e. The van der Waals surface area contributed by atoms with Gasteiger partial charge in [-0.05, 0) is 89.9 Å². The van der Waals surface area contributed by atoms with Crippen LogP contribution in [0.1, 0.15) is 278 Å². The first kappa shape index (κ1) is 71.2. The lowest BCUT2D eigenvalue weighted by Gasteiger charge is -2.21. The largest absolute Gasteiger partial charge is 0.472 e. The van der Waals surface area contributed by atoms with Crippen molar-refractivity contribution in [2.45, 2.75) is 290 Å². The lowest BCUT2D eigenvalue weighted by Crippen LogP contribution is -2.30. The third kappa shape index (κ3) is 54.0. The number of hydrogen-bond donors (Lipinski definition) is 2. The predicted octanol–water partition coefficient (Wildman–Crippen LogP) is 17.9. The maximum absolute atomic E-state index is 12.9. The average Bonchev–Trinajstić information content (AvgIpc) is 3.39. The fourth-order valence-electron chi connectivity index (χ4n) is 8.28. The molecule has 0 radical (unpaired) electrons. The van der Waals surface area contributed by atoms with Crippen LogP contribution in [0.3, 0.4) is 0 Å². The molecule has 0 aromatic heterocycles. The summed E-state index contributed by atoms with van der Waals surface area (Å²) in [7, 11) is -4.75. The topological polar surface area (TPSA) is 155 Å². The van der Waals surface area contributed by atoms with Crippen LogP contribution in [0.2, 0.25) is 0 Å². The Bertz CT molecular complexity index is 1470. The molecule has 430 valence electrons. The van der Waals surface area contributed by atoms with Crippen LogP contribution in [0.15, 0.2) is 60.8 Å². The summed E-state index contributed by atoms with van der Waals surface area (Å²) in [6.45, 7) is 4.59. The maximum Gasteiger partial charge on any atom is 0.472 e. The van der Waals surface area contributed by atoms with E-state index in [4.69, 9.17) is 23.3 Å². The van der Waals surface area contributed by atoms with E-state index in [9.17, 15) is 28.9 Å². The number of hydrogen-bond acceptors (Lipinski definition) is 10. The second-order valence-electron chi connectivity index (χ2n) is 20.2. The number of aliphatic hydroxyl groups is 1. The van der Waals surface area contributed by atoms with Crippen LogP contribution in [0.25, 0.3) is 0 Å². The molecule has 0 spiro atoms. The molecule has 11 nitrogen and oxygen atoms in total. The standard InChI is InChI=1S/C62H111O11P/c1-4-7-10-13-16-19-22-25-27-28-29-30-32-35-38-41-44-47-50-53-62(66)73-59(55-69-60(64)51-48-45-42-39-36-33-24-21-18-15-12-9-6-3)57-71-74(67,68)70-56-58(54-63)72-61(65)52-49-46-43-40-37-34-31-26-23-20-17-14-11-8-5-2/h16-17,19-20,25-27,29-31,58-59,63H,4-15,18,21-24,28,32-57H2,1-3H3,(H,67,68)/b19-16-,20-17-,27-25-,30-29-,31-26-. The van der Waals surface area contributed by atoms with Gasteiger partial charge in [-0.1, -0.05) is 229 Å². The molecule has 3 atom stereocenters. The highest BCUT2D eigenvalue weighted by molar-refractivity contribution is 7.47. The van der Waals surface area contributed by atoms with Gasteiger partial charge in [-0.15, -0.1) is 0 Å². The first-order chi connectivity index (χ1) is 36.2. The van der Waals surface area contributed by atoms with Crippen LogP contribution >= 0.6 is 7.82 Å². The molecule has 0 aliphatic rings. The highest BCUT2D eigenvalue weighted by Gasteiger charge is 2.28. The molecular weight excluding hydrogens is 952 g/mol. The van der Waals surface area contributed by atoms with E-state index >= 15 is 0 Å². The molecule has 12 heteroatoms. The van der Waals surface area contributed by atoms with E-state index in [1.54, 1.807) is 0 Å². The minimum Gasteiger partial charge on any atom is -0.462 e. The van der Waals surface area contributed by atoms with E-state index in [0.717, 1.165) is 116 Å². The highest BCUT2D eigenvalue weighted by atomic mass is 31.2. The maximum atomic E-state index is 12.9. The molecule has 0 aliphatic heterocycles. The molecule has 0 aromatic rings. The third-order valence-corrected chi connectivity index (χ3v) is 13.9. The Balaban J connectivity index is 4.73. The minimum atomic E-state index is -4.75. The van der Waals surface area contributed by atoms with Gasteiger partial charge in [0.25, 0.3) is 0 Å². The molecule has 0 amide bonds. The number of allylic oxidation sites excluding steroid dienone is 10. The highest BCUT2D eigenvalue weighted by Crippen LogP contribution is 2.43. The van der Waals surface area contributed by atoms with E-state index < -0.39 is 57.8 Å². The number of esters is 3. The molecular formula is C62H111O11P. The summed E-state index contributed by atoms with van der Waals surface area (Å²) in [5.74, 6) is -1.48. The van der Waals surface area contributed by atoms with Crippen LogP contribution in [-0.2, 0) is 42.2 Å². The van der Waals surface area contributed by atoms with Gasteiger partial charge >= 0.3 is 25.7 Å². The van der Waals surface area contributed by atoms with Crippen molar-refractivity contribution in [3.05, 3.63) is 60.8 Å². The summed E-state index contributed by atoms with van der Waals surface area (Å²) in [5, 5.41) is 9.82. The first-order valence-corrected chi connectivity index (χ1v) is 31.7. The fourth-order valence-corrected chi connectivity index (χ4v) is 9.06. The Morgan fingerprint density at radius 3 is 1.04 bits per heavy atom. The fraction of sp³-hybridized carbons (Fsp3) is 0.790. The Morgan fingerprint density at radius 2 is 0.662 bits per heavy atom. The molecule has 0 saturated heterocycles. The lowest BCUT2D eigenvalue weighted by molar-refractivity contribution is -0.161. The molecule has 0 bridgehead atoms. The number of unbranched alkanes of at least 4 members (excludes halogenated alkanes) is 29. The molecule has 3 unspecified atom stereocenters. The SMILES string of the molecule is CCCCC/C=C\C/C=C\C/C=C\CCCCCCCCC(=O)OC(COC(=O)CCCCCCCCCCCCCCC)COP(=O)(O)OCC(CO)OC(=O)CCCCCCC/C=C\C/C=C\CCCCC. The van der Waals surface area contributed by atoms with Crippen molar-refractivity contribution in [3.8, 4) is 0 Å². The van der Waals surface area contributed by atoms with Crippen molar-refractivity contribution in [2.24, 2.45) is 0 Å². The average molecular weight is 1060 g/mol. The van der Waals surface area contributed by atoms with Crippen molar-refractivity contribution in [1.82, 2.24) is 0 Å². The van der Waals surface area contributed by atoms with Gasteiger partial charge < -0.3 is 24.2 Å². The molecule has 0 aromatic carbocycles. The molecule has 0 fully saturated rings. The molecule has 2 N–H and O–H groups in total. The zero-order valence-electron chi connectivity index (χ0n) is 47.6. The van der Waals surface area contributed by atoms with Gasteiger partial charge in [-0.2, -0.15) is 0 Å². The summed E-state index contributed by atoms with van der Waals surface area (Å²) >= 11 is 0. The molecule has 0 aliphatic carbocycles. The summed E-state index contributed by atoms with van der Waals surface area (Å²) < 4.78 is 39.6. The molecule has 0 saturated carbocycles. The Morgan fingerprint density at radius 1 is 0.378 bits per heavy atom. The summed E-state index contributed by atoms with van der Waals surface area (Å²) in [6, 6.07) is 0. The van der Waals surface area contributed by atoms with Gasteiger partial charge in [0.2, 0.25) is 0 Å². The number of carbonyl (C=O) groups excluding carboxylic acids is 3. The minimum absolute atomic E-state index is 0.153. The number of phosphoric acid groups is 1. The van der Waals surface area contributed by atoms with Crippen LogP contribution in [0.4, 0.5) is 0 Å². The quantitative estimate of drug-likeness (QED) is 0.0197. The van der Waals surface area contributed by atoms with Gasteiger partial charge in [-0.25, -0.2) is 4.57 Å². The van der Waals surface area contributed by atoms with Crippen LogP contribution < -0.4 is 0 Å². The summed E-state index contributed by atoms with van der Waals surface area (Å²) in [5.41, 5.74) is 0. The van der Waals surface area contributed by atoms with E-state index in [-0.39, 0.29) is 25.9 Å². The van der Waals surface area contributed by atoms with Crippen molar-refractivity contribution < 1.29 is 52.2 Å². The Labute approximate surface area is 453 Å². The van der Waals surface area contributed by atoms with Crippen molar-refractivity contribution in [2.75, 3.05) is 26.4 Å². The normalized spacial score (nSPS) is 13.7. The van der Waals surface area contributed by atoms with Crippen LogP contribution in [-0.4, -0.2) is 66.5 Å². The molecule has 74 heavy (non-hydrogen) atoms. The number of rotatable bonds is 56. The van der Waals surface area contributed by atoms with Gasteiger partial charge in [-0.3, -0.25) is 23.4 Å². The second kappa shape index (κ2) is 56.4. The Hall–Kier alpha value is -2.82. The van der Waals surface area contributed by atoms with Crippen molar-refractivity contribution in [3.63, 3.8) is 0 Å². The summed E-state index contributed by atoms with van der Waals surface area (Å²) in [4.78, 5) is 48.6. The third-order valence-electron chi connectivity index (χ3n) is 12.9. The van der Waals surface area contributed by atoms with Crippen molar-refractivity contribution >= 4 is 25.7 Å². The lowest BCUT2D eigenvalue weighted by atomic mass is 10.0. The van der Waals surface area contributed by atoms with Gasteiger partial charge in [0, 0.05) is 19.3 Å². The van der Waals surface area contributed by atoms with Gasteiger partial charge in [0.1, 0.15) is 12.7 Å². The predicted molar refractivity (Wildman–Crippen MR) is 307 cm³/mol. The molecule has 0 heterocycles. The zero-order valence-corrected chi connectivity index (χ0v) is 48.5. The number of ether oxygens (including phenoxy) is 3. The Kier molecular flexibility index (Phi) is 54.2. The monoisotopic (exact) mass is 1060 g/mol. The van der Waals surface area contributed by atoms with Gasteiger partial charge in [0.15, 0.2) is 6.10 Å². The zero-order chi connectivity index (χ0) is 54.1. The number of carbonyl (C=O) groups is 3. The van der Waals surface area contributed by atoms with E-state index in [1.165, 1.54) is 103 Å². The van der Waals surface area contributed by atoms with Crippen LogP contribution in [0, 0.1) is 0 Å². The molecule has 0 rings (SSSR count). The van der Waals surface area contributed by atoms with Gasteiger partial charge in [0.05, 0.1) is 19.8 Å². The van der Waals surface area contributed by atoms with Crippen LogP contribution in [0.5, 0.6) is 0 Å². The summed E-state index contributed by atoms with van der Waals surface area (Å²) in [6.07, 6.45) is 61.7. The number of aliphatic hydroxyl groups excluding tert-OH is 1. The number of phosphoric ester groups is 1. The van der Waals surface area contributed by atoms with E-state index in [1.807, 2.05) is 0 Å². The first-order valence-electron chi connectivity index (χ1n) is 30.2.